The lowest BCUT2D eigenvalue weighted by atomic mass is 10.00. The first-order chi connectivity index (χ1) is 7.03. The lowest BCUT2D eigenvalue weighted by Crippen LogP contribution is -2.36. The predicted octanol–water partition coefficient (Wildman–Crippen LogP) is 2.71. The predicted molar refractivity (Wildman–Crippen MR) is 70.0 cm³/mol. The highest BCUT2D eigenvalue weighted by atomic mass is 127. The number of anilines is 1. The largest absolute Gasteiger partial charge is 0.341 e. The minimum absolute atomic E-state index is 0.473. The Balaban J connectivity index is 2.13. The van der Waals surface area contributed by atoms with Crippen LogP contribution in [-0.4, -0.2) is 23.1 Å². The minimum atomic E-state index is 0.473. The summed E-state index contributed by atoms with van der Waals surface area (Å²) < 4.78 is 1.08. The average molecular weight is 317 g/mol. The highest BCUT2D eigenvalue weighted by Gasteiger charge is 2.44. The van der Waals surface area contributed by atoms with E-state index in [-0.39, 0.29) is 0 Å². The SMILES string of the molecule is CC(N(C)c1ncc(I)cn1)C1(C)CC1. The van der Waals surface area contributed by atoms with E-state index in [4.69, 9.17) is 0 Å². The summed E-state index contributed by atoms with van der Waals surface area (Å²) in [5, 5.41) is 0. The monoisotopic (exact) mass is 317 g/mol. The zero-order valence-corrected chi connectivity index (χ0v) is 11.5. The van der Waals surface area contributed by atoms with Crippen LogP contribution < -0.4 is 4.90 Å². The number of hydrogen-bond donors (Lipinski definition) is 0. The van der Waals surface area contributed by atoms with E-state index >= 15 is 0 Å². The molecule has 82 valence electrons. The van der Waals surface area contributed by atoms with E-state index in [1.807, 2.05) is 12.4 Å². The van der Waals surface area contributed by atoms with Crippen molar-refractivity contribution in [2.75, 3.05) is 11.9 Å². The van der Waals surface area contributed by atoms with Gasteiger partial charge in [-0.3, -0.25) is 0 Å². The minimum Gasteiger partial charge on any atom is -0.341 e. The molecule has 1 heterocycles. The highest BCUT2D eigenvalue weighted by molar-refractivity contribution is 14.1. The Kier molecular flexibility index (Phi) is 2.87. The summed E-state index contributed by atoms with van der Waals surface area (Å²) in [6.07, 6.45) is 6.37. The Labute approximate surface area is 104 Å². The Morgan fingerprint density at radius 1 is 1.40 bits per heavy atom. The normalized spacial score (nSPS) is 19.7. The molecule has 1 aromatic heterocycles. The van der Waals surface area contributed by atoms with Crippen molar-refractivity contribution in [3.8, 4) is 0 Å². The molecule has 0 amide bonds. The van der Waals surface area contributed by atoms with Gasteiger partial charge in [0.05, 0.1) is 0 Å². The lowest BCUT2D eigenvalue weighted by Gasteiger charge is -2.29. The zero-order valence-electron chi connectivity index (χ0n) is 9.37. The summed E-state index contributed by atoms with van der Waals surface area (Å²) in [5.41, 5.74) is 0.473. The summed E-state index contributed by atoms with van der Waals surface area (Å²) in [6, 6.07) is 0.512. The van der Waals surface area contributed by atoms with Crippen molar-refractivity contribution in [2.24, 2.45) is 5.41 Å². The Bertz CT molecular complexity index is 345. The first-order valence-corrected chi connectivity index (χ1v) is 6.31. The molecule has 0 aromatic carbocycles. The molecule has 1 unspecified atom stereocenters. The molecule has 0 radical (unpaired) electrons. The van der Waals surface area contributed by atoms with Crippen molar-refractivity contribution in [1.29, 1.82) is 0 Å². The summed E-state index contributed by atoms with van der Waals surface area (Å²) in [5.74, 6) is 0.830. The molecule has 1 atom stereocenters. The van der Waals surface area contributed by atoms with Crippen LogP contribution in [-0.2, 0) is 0 Å². The van der Waals surface area contributed by atoms with E-state index in [2.05, 4.69) is 58.4 Å². The maximum Gasteiger partial charge on any atom is 0.225 e. The molecule has 1 fully saturated rings. The summed E-state index contributed by atoms with van der Waals surface area (Å²) in [6.45, 7) is 4.59. The van der Waals surface area contributed by atoms with E-state index < -0.39 is 0 Å². The molecule has 0 bridgehead atoms. The van der Waals surface area contributed by atoms with E-state index in [0.717, 1.165) is 9.52 Å². The van der Waals surface area contributed by atoms with Crippen LogP contribution in [0.15, 0.2) is 12.4 Å². The van der Waals surface area contributed by atoms with Gasteiger partial charge in [-0.2, -0.15) is 0 Å². The molecule has 15 heavy (non-hydrogen) atoms. The van der Waals surface area contributed by atoms with Crippen molar-refractivity contribution in [2.45, 2.75) is 32.7 Å². The van der Waals surface area contributed by atoms with E-state index in [1.54, 1.807) is 0 Å². The molecule has 1 aliphatic rings. The first-order valence-electron chi connectivity index (χ1n) is 5.23. The maximum atomic E-state index is 4.35. The average Bonchev–Trinajstić information content (AvgIpc) is 2.97. The standard InChI is InChI=1S/C11H16IN3/c1-8(11(2)4-5-11)15(3)10-13-6-9(12)7-14-10/h6-8H,4-5H2,1-3H3. The topological polar surface area (TPSA) is 29.0 Å². The molecular weight excluding hydrogens is 301 g/mol. The number of halogens is 1. The third kappa shape index (κ3) is 2.24. The van der Waals surface area contributed by atoms with Crippen molar-refractivity contribution in [1.82, 2.24) is 9.97 Å². The fraction of sp³-hybridized carbons (Fsp3) is 0.636. The third-order valence-electron chi connectivity index (χ3n) is 3.55. The third-order valence-corrected chi connectivity index (χ3v) is 4.11. The van der Waals surface area contributed by atoms with Crippen molar-refractivity contribution >= 4 is 28.5 Å². The van der Waals surface area contributed by atoms with Gasteiger partial charge in [-0.05, 0) is 47.8 Å². The maximum absolute atomic E-state index is 4.35. The van der Waals surface area contributed by atoms with E-state index in [9.17, 15) is 0 Å². The summed E-state index contributed by atoms with van der Waals surface area (Å²) in [4.78, 5) is 10.9. The van der Waals surface area contributed by atoms with Gasteiger partial charge in [-0.15, -0.1) is 0 Å². The first kappa shape index (κ1) is 11.1. The van der Waals surface area contributed by atoms with Gasteiger partial charge in [0.25, 0.3) is 0 Å². The van der Waals surface area contributed by atoms with Gasteiger partial charge in [-0.25, -0.2) is 9.97 Å². The van der Waals surface area contributed by atoms with Crippen LogP contribution in [0.1, 0.15) is 26.7 Å². The highest BCUT2D eigenvalue weighted by Crippen LogP contribution is 2.49. The van der Waals surface area contributed by atoms with E-state index in [0.29, 0.717) is 11.5 Å². The second kappa shape index (κ2) is 3.88. The van der Waals surface area contributed by atoms with Gasteiger partial charge < -0.3 is 4.90 Å². The zero-order chi connectivity index (χ0) is 11.1. The molecule has 1 aliphatic carbocycles. The Morgan fingerprint density at radius 3 is 2.40 bits per heavy atom. The molecule has 1 aromatic rings. The van der Waals surface area contributed by atoms with Crippen molar-refractivity contribution in [3.63, 3.8) is 0 Å². The molecule has 4 heteroatoms. The Morgan fingerprint density at radius 2 is 1.93 bits per heavy atom. The van der Waals surface area contributed by atoms with Gasteiger partial charge in [0.1, 0.15) is 0 Å². The molecule has 0 N–H and O–H groups in total. The number of hydrogen-bond acceptors (Lipinski definition) is 3. The second-order valence-electron chi connectivity index (χ2n) is 4.64. The molecule has 3 nitrogen and oxygen atoms in total. The Hall–Kier alpha value is -0.390. The molecular formula is C11H16IN3. The quantitative estimate of drug-likeness (QED) is 0.803. The number of rotatable bonds is 3. The van der Waals surface area contributed by atoms with Gasteiger partial charge in [0, 0.05) is 29.1 Å². The molecule has 0 saturated heterocycles. The smallest absolute Gasteiger partial charge is 0.225 e. The van der Waals surface area contributed by atoms with Crippen molar-refractivity contribution in [3.05, 3.63) is 16.0 Å². The molecule has 2 rings (SSSR count). The lowest BCUT2D eigenvalue weighted by molar-refractivity contribution is 0.442. The fourth-order valence-corrected chi connectivity index (χ4v) is 2.02. The van der Waals surface area contributed by atoms with Crippen molar-refractivity contribution < 1.29 is 0 Å². The second-order valence-corrected chi connectivity index (χ2v) is 5.89. The summed E-state index contributed by atoms with van der Waals surface area (Å²) in [7, 11) is 2.08. The van der Waals surface area contributed by atoms with Crippen LogP contribution in [0.3, 0.4) is 0 Å². The van der Waals surface area contributed by atoms with Gasteiger partial charge in [0.2, 0.25) is 5.95 Å². The van der Waals surface area contributed by atoms with Gasteiger partial charge in [-0.1, -0.05) is 6.92 Å². The molecule has 0 spiro atoms. The van der Waals surface area contributed by atoms with Gasteiger partial charge >= 0.3 is 0 Å². The summed E-state index contributed by atoms with van der Waals surface area (Å²) >= 11 is 2.22. The van der Waals surface area contributed by atoms with Crippen LogP contribution in [0.5, 0.6) is 0 Å². The van der Waals surface area contributed by atoms with Crippen LogP contribution >= 0.6 is 22.6 Å². The van der Waals surface area contributed by atoms with Crippen LogP contribution in [0.4, 0.5) is 5.95 Å². The fourth-order valence-electron chi connectivity index (χ4n) is 1.74. The molecule has 0 aliphatic heterocycles. The van der Waals surface area contributed by atoms with Crippen LogP contribution in [0, 0.1) is 8.99 Å². The van der Waals surface area contributed by atoms with Crippen LogP contribution in [0.25, 0.3) is 0 Å². The van der Waals surface area contributed by atoms with E-state index in [1.165, 1.54) is 12.8 Å². The molecule has 1 saturated carbocycles. The van der Waals surface area contributed by atoms with Gasteiger partial charge in [0.15, 0.2) is 0 Å². The number of aromatic nitrogens is 2. The number of nitrogens with zero attached hydrogens (tertiary/aromatic N) is 3. The van der Waals surface area contributed by atoms with Crippen LogP contribution in [0.2, 0.25) is 0 Å².